The van der Waals surface area contributed by atoms with Gasteiger partial charge in [-0.25, -0.2) is 0 Å². The Morgan fingerprint density at radius 2 is 1.15 bits per heavy atom. The zero-order valence-electron chi connectivity index (χ0n) is 23.0. The lowest BCUT2D eigenvalue weighted by Gasteiger charge is -2.43. The fourth-order valence-corrected chi connectivity index (χ4v) is 5.95. The molecule has 0 bridgehead atoms. The predicted octanol–water partition coefficient (Wildman–Crippen LogP) is -11.4. The van der Waals surface area contributed by atoms with E-state index in [1.807, 2.05) is 0 Å². The molecule has 3 heterocycles. The first-order valence-electron chi connectivity index (χ1n) is 14.1. The van der Waals surface area contributed by atoms with Crippen LogP contribution < -0.4 is 28.7 Å². The van der Waals surface area contributed by atoms with Crippen LogP contribution >= 0.6 is 0 Å². The first kappa shape index (κ1) is 33.2. The number of aliphatic hydroxyl groups excluding tert-OH is 7. The van der Waals surface area contributed by atoms with Crippen LogP contribution in [0.25, 0.3) is 0 Å². The predicted molar refractivity (Wildman–Crippen MR) is 129 cm³/mol. The third kappa shape index (κ3) is 6.85. The summed E-state index contributed by atoms with van der Waals surface area (Å²) in [5.41, 5.74) is 19.6. The molecule has 240 valence electrons. The summed E-state index contributed by atoms with van der Waals surface area (Å²) in [6.45, 7) is -0.848. The van der Waals surface area contributed by atoms with Gasteiger partial charge in [-0.3, -0.25) is 0 Å². The molecule has 0 aromatic heterocycles. The van der Waals surface area contributed by atoms with Crippen molar-refractivity contribution in [3.8, 4) is 0 Å². The van der Waals surface area contributed by atoms with E-state index < -0.39 is 123 Å². The Morgan fingerprint density at radius 3 is 1.78 bits per heavy atom. The fraction of sp³-hybridized carbons (Fsp3) is 1.00. The van der Waals surface area contributed by atoms with Crippen molar-refractivity contribution in [1.82, 2.24) is 0 Å². The molecule has 18 atom stereocenters. The van der Waals surface area contributed by atoms with Crippen LogP contribution in [0.4, 0.5) is 0 Å². The number of hydrogen-bond acceptors (Lipinski definition) is 13. The maximum Gasteiger partial charge on any atom is 0.214 e. The molecule has 22 N–H and O–H groups in total. The molecular formula is C23H50N5O13+5. The second-order valence-corrected chi connectivity index (χ2v) is 11.5. The van der Waals surface area contributed by atoms with Crippen molar-refractivity contribution in [3.05, 3.63) is 0 Å². The minimum atomic E-state index is -1.48. The quantitative estimate of drug-likeness (QED) is 0.116. The second kappa shape index (κ2) is 13.9. The third-order valence-corrected chi connectivity index (χ3v) is 8.52. The standard InChI is InChI=1S/C23H45N5O13/c24-3-10-15(33)16(34)13(28)22(36-10)40-19-12(5-30)38-23(17(19)35)41-20-14(32)6(25)1-7(26)18(20)39-21-8(27)2-9(31)11(4-29)37-21/h6-23,29-35H,1-5,24-28H2/p+5/t6-,7+,8-,9+,10+,11-,12-,13-,14+,15-,16-,17-,18-,19-,20-,21-,22-,23+/m1/s1. The molecule has 0 unspecified atom stereocenters. The van der Waals surface area contributed by atoms with Gasteiger partial charge in [0.1, 0.15) is 85.7 Å². The van der Waals surface area contributed by atoms with Gasteiger partial charge in [0.05, 0.1) is 25.7 Å². The monoisotopic (exact) mass is 604 g/mol. The highest BCUT2D eigenvalue weighted by atomic mass is 16.8. The SMILES string of the molecule is [NH3+]C[C@@H]1O[C@H](O[C@H]2[C@@H](O)[C@H](O[C@@H]3[C@@H](O)[C@H]([NH3+])C[C@H]([NH3+])[C@H]3O[C@H]3O[C@H](CO)[C@@H](O)C[C@H]3[NH3+])O[C@@H]2CO)[C@H]([NH3+])[C@@H](O)[C@@H]1O. The van der Waals surface area contributed by atoms with Crippen LogP contribution in [0.1, 0.15) is 12.8 Å². The van der Waals surface area contributed by atoms with E-state index in [-0.39, 0.29) is 13.0 Å². The summed E-state index contributed by atoms with van der Waals surface area (Å²) in [7, 11) is 0. The smallest absolute Gasteiger partial charge is 0.214 e. The Bertz CT molecular complexity index is 837. The van der Waals surface area contributed by atoms with Crippen molar-refractivity contribution in [2.24, 2.45) is 0 Å². The largest absolute Gasteiger partial charge is 0.394 e. The lowest BCUT2D eigenvalue weighted by atomic mass is 9.84. The van der Waals surface area contributed by atoms with Crippen LogP contribution in [0, 0.1) is 0 Å². The third-order valence-electron chi connectivity index (χ3n) is 8.52. The van der Waals surface area contributed by atoms with E-state index in [9.17, 15) is 35.7 Å². The van der Waals surface area contributed by atoms with Crippen LogP contribution in [0.15, 0.2) is 0 Å². The molecule has 0 radical (unpaired) electrons. The van der Waals surface area contributed by atoms with Crippen molar-refractivity contribution in [2.45, 2.75) is 123 Å². The van der Waals surface area contributed by atoms with Gasteiger partial charge in [0, 0.05) is 6.42 Å². The molecule has 0 amide bonds. The normalized spacial score (nSPS) is 53.0. The van der Waals surface area contributed by atoms with E-state index >= 15 is 0 Å². The lowest BCUT2D eigenvalue weighted by Crippen LogP contribution is -2.83. The summed E-state index contributed by atoms with van der Waals surface area (Å²) in [6.07, 6.45) is -14.9. The number of aliphatic hydroxyl groups is 7. The number of quaternary nitrogens is 5. The van der Waals surface area contributed by atoms with E-state index in [0.717, 1.165) is 0 Å². The molecule has 3 aliphatic heterocycles. The van der Waals surface area contributed by atoms with Gasteiger partial charge in [-0.15, -0.1) is 0 Å². The number of hydrogen-bond donors (Lipinski definition) is 12. The minimum Gasteiger partial charge on any atom is -0.394 e. The van der Waals surface area contributed by atoms with Gasteiger partial charge < -0.3 is 92.8 Å². The first-order valence-corrected chi connectivity index (χ1v) is 14.1. The first-order chi connectivity index (χ1) is 19.4. The highest BCUT2D eigenvalue weighted by molar-refractivity contribution is 4.98. The molecule has 18 heteroatoms. The Hall–Kier alpha value is -0.720. The Kier molecular flexibility index (Phi) is 11.3. The Morgan fingerprint density at radius 1 is 0.561 bits per heavy atom. The average Bonchev–Trinajstić information content (AvgIpc) is 3.24. The van der Waals surface area contributed by atoms with Crippen LogP contribution in [0.2, 0.25) is 0 Å². The zero-order valence-corrected chi connectivity index (χ0v) is 23.0. The summed E-state index contributed by atoms with van der Waals surface area (Å²) in [6, 6.07) is -2.35. The molecule has 0 aromatic rings. The van der Waals surface area contributed by atoms with Crippen molar-refractivity contribution in [1.29, 1.82) is 0 Å². The minimum absolute atomic E-state index is 0.139. The van der Waals surface area contributed by atoms with Gasteiger partial charge in [0.2, 0.25) is 12.6 Å². The summed E-state index contributed by atoms with van der Waals surface area (Å²) >= 11 is 0. The van der Waals surface area contributed by atoms with Gasteiger partial charge in [-0.2, -0.15) is 0 Å². The second-order valence-electron chi connectivity index (χ2n) is 11.5. The van der Waals surface area contributed by atoms with E-state index in [2.05, 4.69) is 28.7 Å². The molecule has 1 saturated carbocycles. The average molecular weight is 605 g/mol. The Labute approximate surface area is 236 Å². The summed E-state index contributed by atoms with van der Waals surface area (Å²) < 4.78 is 35.4. The summed E-state index contributed by atoms with van der Waals surface area (Å²) in [5.74, 6) is 0. The molecule has 4 fully saturated rings. The van der Waals surface area contributed by atoms with E-state index in [1.165, 1.54) is 0 Å². The summed E-state index contributed by atoms with van der Waals surface area (Å²) in [5, 5.41) is 72.5. The van der Waals surface area contributed by atoms with Crippen LogP contribution in [0.5, 0.6) is 0 Å². The van der Waals surface area contributed by atoms with Crippen molar-refractivity contribution in [2.75, 3.05) is 19.8 Å². The molecule has 41 heavy (non-hydrogen) atoms. The van der Waals surface area contributed by atoms with E-state index in [4.69, 9.17) is 28.4 Å². The Balaban J connectivity index is 1.48. The molecule has 18 nitrogen and oxygen atoms in total. The van der Waals surface area contributed by atoms with Crippen LogP contribution in [-0.4, -0.2) is 166 Å². The van der Waals surface area contributed by atoms with Gasteiger partial charge in [0.25, 0.3) is 0 Å². The summed E-state index contributed by atoms with van der Waals surface area (Å²) in [4.78, 5) is 0. The van der Waals surface area contributed by atoms with Crippen molar-refractivity contribution < 1.29 is 92.8 Å². The van der Waals surface area contributed by atoms with Crippen LogP contribution in [0.3, 0.4) is 0 Å². The van der Waals surface area contributed by atoms with Crippen molar-refractivity contribution in [3.63, 3.8) is 0 Å². The lowest BCUT2D eigenvalue weighted by molar-refractivity contribution is -0.527. The zero-order chi connectivity index (χ0) is 30.2. The highest BCUT2D eigenvalue weighted by Crippen LogP contribution is 2.33. The van der Waals surface area contributed by atoms with Gasteiger partial charge in [0.15, 0.2) is 12.3 Å². The maximum absolute atomic E-state index is 11.2. The van der Waals surface area contributed by atoms with Crippen LogP contribution in [-0.2, 0) is 28.4 Å². The van der Waals surface area contributed by atoms with E-state index in [0.29, 0.717) is 6.42 Å². The molecule has 3 saturated heterocycles. The molecule has 4 aliphatic rings. The van der Waals surface area contributed by atoms with E-state index in [1.54, 1.807) is 0 Å². The molecule has 4 rings (SSSR count). The van der Waals surface area contributed by atoms with Gasteiger partial charge >= 0.3 is 0 Å². The molecular weight excluding hydrogens is 554 g/mol. The number of ether oxygens (including phenoxy) is 6. The maximum atomic E-state index is 11.2. The molecule has 0 aromatic carbocycles. The highest BCUT2D eigenvalue weighted by Gasteiger charge is 2.56. The van der Waals surface area contributed by atoms with Gasteiger partial charge in [-0.05, 0) is 0 Å². The topological polar surface area (TPSA) is 335 Å². The number of rotatable bonds is 9. The van der Waals surface area contributed by atoms with Crippen molar-refractivity contribution >= 4 is 0 Å². The fourth-order valence-electron chi connectivity index (χ4n) is 5.95. The van der Waals surface area contributed by atoms with Gasteiger partial charge in [-0.1, -0.05) is 0 Å². The molecule has 1 aliphatic carbocycles. The molecule has 0 spiro atoms.